The molecule has 6 nitrogen and oxygen atoms in total. The summed E-state index contributed by atoms with van der Waals surface area (Å²) in [6.45, 7) is -0.608. The first-order chi connectivity index (χ1) is 6.56. The molecule has 78 valence electrons. The number of rotatable bonds is 4. The molecule has 0 aliphatic rings. The van der Waals surface area contributed by atoms with Gasteiger partial charge in [0.2, 0.25) is 0 Å². The fourth-order valence-corrected chi connectivity index (χ4v) is 1.62. The molecule has 1 aromatic heterocycles. The van der Waals surface area contributed by atoms with Crippen LogP contribution in [0.15, 0.2) is 5.38 Å². The molecule has 7 heteroatoms. The van der Waals surface area contributed by atoms with E-state index >= 15 is 0 Å². The molecule has 2 atom stereocenters. The van der Waals surface area contributed by atoms with E-state index in [0.717, 1.165) is 11.3 Å². The van der Waals surface area contributed by atoms with Gasteiger partial charge in [-0.2, -0.15) is 0 Å². The summed E-state index contributed by atoms with van der Waals surface area (Å²) in [5.41, 5.74) is -0.186. The molecule has 0 aromatic carbocycles. The lowest BCUT2D eigenvalue weighted by molar-refractivity contribution is -0.0154. The van der Waals surface area contributed by atoms with Crippen LogP contribution in [0.3, 0.4) is 0 Å². The van der Waals surface area contributed by atoms with Crippen molar-refractivity contribution in [2.75, 3.05) is 6.61 Å². The number of aromatic carboxylic acids is 1. The van der Waals surface area contributed by atoms with Crippen LogP contribution < -0.4 is 0 Å². The van der Waals surface area contributed by atoms with Crippen LogP contribution in [0.4, 0.5) is 0 Å². The van der Waals surface area contributed by atoms with E-state index in [9.17, 15) is 9.90 Å². The first-order valence-corrected chi connectivity index (χ1v) is 4.60. The topological polar surface area (TPSA) is 111 Å². The number of hydrogen-bond donors (Lipinski definition) is 4. The Morgan fingerprint density at radius 3 is 2.64 bits per heavy atom. The van der Waals surface area contributed by atoms with Crippen molar-refractivity contribution in [2.45, 2.75) is 12.2 Å². The minimum absolute atomic E-state index is 0.0731. The van der Waals surface area contributed by atoms with Crippen molar-refractivity contribution in [1.29, 1.82) is 0 Å². The zero-order valence-electron chi connectivity index (χ0n) is 6.99. The van der Waals surface area contributed by atoms with Crippen LogP contribution in [0.5, 0.6) is 0 Å². The molecule has 1 heterocycles. The quantitative estimate of drug-likeness (QED) is 0.529. The van der Waals surface area contributed by atoms with Crippen LogP contribution in [0, 0.1) is 0 Å². The van der Waals surface area contributed by atoms with Crippen LogP contribution in [-0.4, -0.2) is 44.1 Å². The lowest BCUT2D eigenvalue weighted by atomic mass is 10.2. The number of carbonyl (C=O) groups is 1. The molecule has 0 aliphatic carbocycles. The average Bonchev–Trinajstić information content (AvgIpc) is 2.64. The van der Waals surface area contributed by atoms with Crippen molar-refractivity contribution in [3.05, 3.63) is 16.1 Å². The number of aliphatic hydroxyl groups excluding tert-OH is 3. The van der Waals surface area contributed by atoms with Gasteiger partial charge in [0.05, 0.1) is 6.61 Å². The van der Waals surface area contributed by atoms with E-state index in [0.29, 0.717) is 0 Å². The molecule has 0 radical (unpaired) electrons. The van der Waals surface area contributed by atoms with Crippen LogP contribution >= 0.6 is 11.3 Å². The molecule has 0 amide bonds. The first kappa shape index (κ1) is 11.1. The third kappa shape index (κ3) is 2.26. The molecule has 0 spiro atoms. The van der Waals surface area contributed by atoms with Crippen molar-refractivity contribution in [3.63, 3.8) is 0 Å². The summed E-state index contributed by atoms with van der Waals surface area (Å²) in [6.07, 6.45) is -2.69. The highest BCUT2D eigenvalue weighted by Gasteiger charge is 2.21. The van der Waals surface area contributed by atoms with E-state index in [1.54, 1.807) is 0 Å². The maximum atomic E-state index is 10.4. The number of nitrogens with zero attached hydrogens (tertiary/aromatic N) is 1. The van der Waals surface area contributed by atoms with E-state index in [-0.39, 0.29) is 10.7 Å². The summed E-state index contributed by atoms with van der Waals surface area (Å²) in [5.74, 6) is -1.20. The summed E-state index contributed by atoms with van der Waals surface area (Å²) >= 11 is 0.917. The third-order valence-corrected chi connectivity index (χ3v) is 2.46. The second-order valence-corrected chi connectivity index (χ2v) is 3.46. The van der Waals surface area contributed by atoms with Crippen LogP contribution in [-0.2, 0) is 0 Å². The number of hydrogen-bond acceptors (Lipinski definition) is 6. The van der Waals surface area contributed by atoms with Crippen LogP contribution in [0.25, 0.3) is 0 Å². The minimum atomic E-state index is -1.35. The van der Waals surface area contributed by atoms with E-state index in [1.807, 2.05) is 0 Å². The van der Waals surface area contributed by atoms with Crippen LogP contribution in [0.1, 0.15) is 21.6 Å². The van der Waals surface area contributed by atoms with Gasteiger partial charge in [0.15, 0.2) is 5.69 Å². The molecule has 4 N–H and O–H groups in total. The van der Waals surface area contributed by atoms with Crippen LogP contribution in [0.2, 0.25) is 0 Å². The third-order valence-electron chi connectivity index (χ3n) is 1.55. The Morgan fingerprint density at radius 1 is 1.57 bits per heavy atom. The Labute approximate surface area is 83.1 Å². The summed E-state index contributed by atoms with van der Waals surface area (Å²) in [5, 5.41) is 36.8. The molecule has 1 rings (SSSR count). The summed E-state index contributed by atoms with van der Waals surface area (Å²) in [4.78, 5) is 14.0. The van der Waals surface area contributed by atoms with E-state index in [4.69, 9.17) is 15.3 Å². The number of aromatic nitrogens is 1. The molecule has 0 saturated carbocycles. The fraction of sp³-hybridized carbons (Fsp3) is 0.429. The van der Waals surface area contributed by atoms with E-state index in [1.165, 1.54) is 5.38 Å². The van der Waals surface area contributed by atoms with Gasteiger partial charge in [0.1, 0.15) is 17.2 Å². The maximum absolute atomic E-state index is 10.4. The zero-order valence-corrected chi connectivity index (χ0v) is 7.81. The highest BCUT2D eigenvalue weighted by Crippen LogP contribution is 2.20. The van der Waals surface area contributed by atoms with Crippen molar-refractivity contribution in [3.8, 4) is 0 Å². The number of thiazole rings is 1. The van der Waals surface area contributed by atoms with Gasteiger partial charge in [-0.3, -0.25) is 0 Å². The Morgan fingerprint density at radius 2 is 2.21 bits per heavy atom. The molecule has 1 aromatic rings. The SMILES string of the molecule is O=C(O)c1csc(C(O)C(O)CO)n1. The number of carboxylic acids is 1. The summed E-state index contributed by atoms with van der Waals surface area (Å²) < 4.78 is 0. The van der Waals surface area contributed by atoms with Gasteiger partial charge in [-0.15, -0.1) is 11.3 Å². The van der Waals surface area contributed by atoms with Gasteiger partial charge < -0.3 is 20.4 Å². The standard InChI is InChI=1S/C7H9NO5S/c9-1-4(10)5(11)6-8-3(2-14-6)7(12)13/h2,4-5,9-11H,1H2,(H,12,13). The Balaban J connectivity index is 2.81. The number of aliphatic hydroxyl groups is 3. The van der Waals surface area contributed by atoms with Gasteiger partial charge in [0.25, 0.3) is 0 Å². The second kappa shape index (κ2) is 4.47. The highest BCUT2D eigenvalue weighted by atomic mass is 32.1. The molecule has 0 bridgehead atoms. The summed E-state index contributed by atoms with van der Waals surface area (Å²) in [7, 11) is 0. The molecular formula is C7H9NO5S. The van der Waals surface area contributed by atoms with Gasteiger partial charge in [-0.1, -0.05) is 0 Å². The zero-order chi connectivity index (χ0) is 10.7. The largest absolute Gasteiger partial charge is 0.476 e. The van der Waals surface area contributed by atoms with E-state index < -0.39 is 24.8 Å². The van der Waals surface area contributed by atoms with Crippen molar-refractivity contribution >= 4 is 17.3 Å². The fourth-order valence-electron chi connectivity index (χ4n) is 0.786. The van der Waals surface area contributed by atoms with Gasteiger partial charge >= 0.3 is 5.97 Å². The molecular weight excluding hydrogens is 210 g/mol. The normalized spacial score (nSPS) is 15.1. The van der Waals surface area contributed by atoms with Crippen molar-refractivity contribution < 1.29 is 25.2 Å². The predicted molar refractivity (Wildman–Crippen MR) is 47.1 cm³/mol. The predicted octanol–water partition coefficient (Wildman–Crippen LogP) is -0.772. The van der Waals surface area contributed by atoms with Gasteiger partial charge in [-0.05, 0) is 0 Å². The van der Waals surface area contributed by atoms with Gasteiger partial charge in [-0.25, -0.2) is 9.78 Å². The van der Waals surface area contributed by atoms with Gasteiger partial charge in [0, 0.05) is 5.38 Å². The average molecular weight is 219 g/mol. The lowest BCUT2D eigenvalue weighted by Crippen LogP contribution is -2.22. The second-order valence-electron chi connectivity index (χ2n) is 2.57. The summed E-state index contributed by atoms with van der Waals surface area (Å²) in [6, 6.07) is 0. The lowest BCUT2D eigenvalue weighted by Gasteiger charge is -2.11. The van der Waals surface area contributed by atoms with Crippen molar-refractivity contribution in [1.82, 2.24) is 4.98 Å². The first-order valence-electron chi connectivity index (χ1n) is 3.72. The molecule has 2 unspecified atom stereocenters. The monoisotopic (exact) mass is 219 g/mol. The highest BCUT2D eigenvalue weighted by molar-refractivity contribution is 7.09. The van der Waals surface area contributed by atoms with E-state index in [2.05, 4.69) is 4.98 Å². The Kier molecular flexibility index (Phi) is 3.53. The smallest absolute Gasteiger partial charge is 0.355 e. The number of carboxylic acid groups (broad SMARTS) is 1. The molecule has 0 saturated heterocycles. The molecule has 14 heavy (non-hydrogen) atoms. The Bertz CT molecular complexity index is 326. The maximum Gasteiger partial charge on any atom is 0.355 e. The molecule has 0 aliphatic heterocycles. The van der Waals surface area contributed by atoms with Crippen molar-refractivity contribution in [2.24, 2.45) is 0 Å². The molecule has 0 fully saturated rings. The minimum Gasteiger partial charge on any atom is -0.476 e. The Hall–Kier alpha value is -1.02.